The van der Waals surface area contributed by atoms with Gasteiger partial charge in [0.1, 0.15) is 10.7 Å². The van der Waals surface area contributed by atoms with E-state index in [1.54, 1.807) is 0 Å². The molecular formula is C23H25N3O2S. The quantitative estimate of drug-likeness (QED) is 0.716. The molecule has 29 heavy (non-hydrogen) atoms. The number of nitrogens with zero attached hydrogens (tertiary/aromatic N) is 3. The number of aromatic nitrogens is 1. The topological polar surface area (TPSA) is 53.5 Å². The lowest BCUT2D eigenvalue weighted by atomic mass is 9.99. The SMILES string of the molecule is O=C1C[C@H]2[C@H](CCN2C(=O)c2csc(-c3ccccc3)n2)N1CC1=CCCCC1. The highest BCUT2D eigenvalue weighted by molar-refractivity contribution is 7.13. The molecule has 3 aliphatic rings. The van der Waals surface area contributed by atoms with Crippen LogP contribution in [0.3, 0.4) is 0 Å². The number of hydrogen-bond acceptors (Lipinski definition) is 4. The van der Waals surface area contributed by atoms with Crippen molar-refractivity contribution in [2.45, 2.75) is 50.6 Å². The van der Waals surface area contributed by atoms with E-state index in [2.05, 4.69) is 11.1 Å². The van der Waals surface area contributed by atoms with Crippen molar-refractivity contribution in [2.24, 2.45) is 0 Å². The van der Waals surface area contributed by atoms with Gasteiger partial charge in [0.15, 0.2) is 0 Å². The maximum absolute atomic E-state index is 13.2. The van der Waals surface area contributed by atoms with E-state index in [4.69, 9.17) is 0 Å². The van der Waals surface area contributed by atoms with Crippen molar-refractivity contribution in [1.82, 2.24) is 14.8 Å². The third-order valence-corrected chi connectivity index (χ3v) is 7.27. The molecule has 1 aromatic heterocycles. The van der Waals surface area contributed by atoms with Crippen molar-refractivity contribution in [3.63, 3.8) is 0 Å². The molecule has 5 nitrogen and oxygen atoms in total. The molecule has 1 aromatic carbocycles. The second kappa shape index (κ2) is 7.75. The van der Waals surface area contributed by atoms with E-state index in [1.807, 2.05) is 45.5 Å². The first-order chi connectivity index (χ1) is 14.2. The van der Waals surface area contributed by atoms with Gasteiger partial charge in [0.25, 0.3) is 5.91 Å². The van der Waals surface area contributed by atoms with Crippen LogP contribution in [0, 0.1) is 0 Å². The highest BCUT2D eigenvalue weighted by atomic mass is 32.1. The molecule has 2 atom stereocenters. The molecule has 2 amide bonds. The third kappa shape index (κ3) is 3.50. The number of fused-ring (bicyclic) bond motifs is 1. The Morgan fingerprint density at radius 3 is 2.83 bits per heavy atom. The molecule has 0 unspecified atom stereocenters. The van der Waals surface area contributed by atoms with E-state index in [0.29, 0.717) is 18.7 Å². The van der Waals surface area contributed by atoms with E-state index in [9.17, 15) is 9.59 Å². The molecule has 2 aliphatic heterocycles. The first-order valence-electron chi connectivity index (χ1n) is 10.5. The molecular weight excluding hydrogens is 382 g/mol. The van der Waals surface area contributed by atoms with E-state index >= 15 is 0 Å². The lowest BCUT2D eigenvalue weighted by Gasteiger charge is -2.27. The lowest BCUT2D eigenvalue weighted by molar-refractivity contribution is -0.128. The fraction of sp³-hybridized carbons (Fsp3) is 0.435. The van der Waals surface area contributed by atoms with E-state index in [1.165, 1.54) is 29.8 Å². The summed E-state index contributed by atoms with van der Waals surface area (Å²) in [5.74, 6) is 0.148. The maximum atomic E-state index is 13.2. The van der Waals surface area contributed by atoms with E-state index in [-0.39, 0.29) is 23.9 Å². The van der Waals surface area contributed by atoms with Gasteiger partial charge in [-0.15, -0.1) is 11.3 Å². The van der Waals surface area contributed by atoms with Crippen molar-refractivity contribution in [1.29, 1.82) is 0 Å². The molecule has 0 spiro atoms. The number of hydrogen-bond donors (Lipinski definition) is 0. The van der Waals surface area contributed by atoms with Crippen LogP contribution in [0.1, 0.15) is 49.0 Å². The first kappa shape index (κ1) is 18.6. The summed E-state index contributed by atoms with van der Waals surface area (Å²) in [6, 6.07) is 10.1. The zero-order valence-electron chi connectivity index (χ0n) is 16.4. The van der Waals surface area contributed by atoms with Crippen molar-refractivity contribution < 1.29 is 9.59 Å². The number of thiazole rings is 1. The van der Waals surface area contributed by atoms with Crippen LogP contribution in [0.4, 0.5) is 0 Å². The number of carbonyl (C=O) groups is 2. The maximum Gasteiger partial charge on any atom is 0.273 e. The monoisotopic (exact) mass is 407 g/mol. The fourth-order valence-electron chi connectivity index (χ4n) is 4.89. The average Bonchev–Trinajstić information content (AvgIpc) is 3.47. The van der Waals surface area contributed by atoms with Crippen LogP contribution in [-0.4, -0.2) is 51.8 Å². The van der Waals surface area contributed by atoms with Gasteiger partial charge < -0.3 is 9.80 Å². The van der Waals surface area contributed by atoms with Gasteiger partial charge in [0.05, 0.1) is 12.1 Å². The Bertz CT molecular complexity index is 952. The van der Waals surface area contributed by atoms with Gasteiger partial charge in [-0.05, 0) is 32.1 Å². The molecule has 0 bridgehead atoms. The van der Waals surface area contributed by atoms with E-state index < -0.39 is 0 Å². The number of allylic oxidation sites excluding steroid dienone is 1. The summed E-state index contributed by atoms with van der Waals surface area (Å²) in [7, 11) is 0. The highest BCUT2D eigenvalue weighted by Gasteiger charge is 2.48. The minimum atomic E-state index is -0.0394. The van der Waals surface area contributed by atoms with Gasteiger partial charge in [-0.25, -0.2) is 4.98 Å². The Kier molecular flexibility index (Phi) is 4.96. The van der Waals surface area contributed by atoms with Crippen molar-refractivity contribution >= 4 is 23.2 Å². The lowest BCUT2D eigenvalue weighted by Crippen LogP contribution is -2.40. The predicted molar refractivity (Wildman–Crippen MR) is 114 cm³/mol. The molecule has 0 N–H and O–H groups in total. The van der Waals surface area contributed by atoms with Gasteiger partial charge in [-0.3, -0.25) is 9.59 Å². The zero-order chi connectivity index (χ0) is 19.8. The Morgan fingerprint density at radius 2 is 2.03 bits per heavy atom. The second-order valence-electron chi connectivity index (χ2n) is 8.16. The highest BCUT2D eigenvalue weighted by Crippen LogP contribution is 2.35. The van der Waals surface area contributed by atoms with Crippen LogP contribution in [0.25, 0.3) is 10.6 Å². The predicted octanol–water partition coefficient (Wildman–Crippen LogP) is 4.13. The summed E-state index contributed by atoms with van der Waals surface area (Å²) in [5.41, 5.74) is 2.91. The van der Waals surface area contributed by atoms with E-state index in [0.717, 1.165) is 36.4 Å². The number of rotatable bonds is 4. The van der Waals surface area contributed by atoms with Crippen LogP contribution >= 0.6 is 11.3 Å². The van der Waals surface area contributed by atoms with Crippen molar-refractivity contribution in [3.05, 3.63) is 53.1 Å². The Labute approximate surface area is 175 Å². The van der Waals surface area contributed by atoms with Gasteiger partial charge in [0, 0.05) is 30.5 Å². The normalized spacial score (nSPS) is 24.0. The van der Waals surface area contributed by atoms with Crippen LogP contribution in [-0.2, 0) is 4.79 Å². The van der Waals surface area contributed by atoms with Crippen molar-refractivity contribution in [2.75, 3.05) is 13.1 Å². The van der Waals surface area contributed by atoms with Crippen LogP contribution in [0.5, 0.6) is 0 Å². The summed E-state index contributed by atoms with van der Waals surface area (Å²) in [6.45, 7) is 1.45. The minimum Gasteiger partial charge on any atom is -0.333 e. The Hall–Kier alpha value is -2.47. The summed E-state index contributed by atoms with van der Waals surface area (Å²) in [5, 5.41) is 2.71. The minimum absolute atomic E-state index is 0.0129. The molecule has 1 aliphatic carbocycles. The Morgan fingerprint density at radius 1 is 1.17 bits per heavy atom. The van der Waals surface area contributed by atoms with Gasteiger partial charge in [-0.1, -0.05) is 42.0 Å². The molecule has 0 radical (unpaired) electrons. The summed E-state index contributed by atoms with van der Waals surface area (Å²) < 4.78 is 0. The molecule has 0 saturated carbocycles. The number of amides is 2. The van der Waals surface area contributed by atoms with Gasteiger partial charge in [-0.2, -0.15) is 0 Å². The number of benzene rings is 1. The number of likely N-dealkylation sites (tertiary alicyclic amines) is 2. The smallest absolute Gasteiger partial charge is 0.273 e. The van der Waals surface area contributed by atoms with Crippen molar-refractivity contribution in [3.8, 4) is 10.6 Å². The van der Waals surface area contributed by atoms with Crippen LogP contribution in [0.15, 0.2) is 47.4 Å². The zero-order valence-corrected chi connectivity index (χ0v) is 17.2. The standard InChI is InChI=1S/C23H25N3O2S/c27-21-13-20-19(26(21)14-16-7-3-1-4-8-16)11-12-25(20)23(28)18-15-29-22(24-18)17-9-5-2-6-10-17/h2,5-7,9-10,15,19-20H,1,3-4,8,11-14H2/t19-,20-/m0/s1. The van der Waals surface area contributed by atoms with Gasteiger partial charge in [0.2, 0.25) is 5.91 Å². The fourth-order valence-corrected chi connectivity index (χ4v) is 5.69. The second-order valence-corrected chi connectivity index (χ2v) is 9.02. The molecule has 2 saturated heterocycles. The molecule has 3 heterocycles. The largest absolute Gasteiger partial charge is 0.333 e. The summed E-state index contributed by atoms with van der Waals surface area (Å²) in [6.07, 6.45) is 8.33. The first-order valence-corrected chi connectivity index (χ1v) is 11.4. The Balaban J connectivity index is 1.31. The van der Waals surface area contributed by atoms with Crippen LogP contribution in [0.2, 0.25) is 0 Å². The summed E-state index contributed by atoms with van der Waals surface area (Å²) in [4.78, 5) is 34.4. The molecule has 2 fully saturated rings. The molecule has 5 rings (SSSR count). The summed E-state index contributed by atoms with van der Waals surface area (Å²) >= 11 is 1.50. The molecule has 150 valence electrons. The molecule has 6 heteroatoms. The number of carbonyl (C=O) groups excluding carboxylic acids is 2. The third-order valence-electron chi connectivity index (χ3n) is 6.38. The van der Waals surface area contributed by atoms with Gasteiger partial charge >= 0.3 is 0 Å². The average molecular weight is 408 g/mol. The molecule has 2 aromatic rings. The van der Waals surface area contributed by atoms with Crippen LogP contribution < -0.4 is 0 Å².